The molecule has 3 aliphatic carbocycles. The summed E-state index contributed by atoms with van der Waals surface area (Å²) in [5.41, 5.74) is -0.233. The van der Waals surface area contributed by atoms with Crippen molar-refractivity contribution in [2.24, 2.45) is 23.2 Å². The lowest BCUT2D eigenvalue weighted by Crippen LogP contribution is -2.40. The second-order valence-corrected chi connectivity index (χ2v) is 8.75. The highest BCUT2D eigenvalue weighted by Gasteiger charge is 2.55. The van der Waals surface area contributed by atoms with Crippen molar-refractivity contribution in [2.75, 3.05) is 13.7 Å². The van der Waals surface area contributed by atoms with E-state index in [1.807, 2.05) is 26.8 Å². The van der Waals surface area contributed by atoms with Gasteiger partial charge >= 0.3 is 0 Å². The minimum atomic E-state index is -1.15. The van der Waals surface area contributed by atoms with E-state index < -0.39 is 28.7 Å². The van der Waals surface area contributed by atoms with Crippen LogP contribution in [0.1, 0.15) is 47.0 Å². The fourth-order valence-corrected chi connectivity index (χ4v) is 5.19. The Balaban J connectivity index is 2.25. The molecule has 3 aliphatic rings. The number of ether oxygens (including phenoxy) is 1. The summed E-state index contributed by atoms with van der Waals surface area (Å²) in [6, 6.07) is 0. The molecule has 5 nitrogen and oxygen atoms in total. The number of allylic oxidation sites excluding steroid dienone is 2. The highest BCUT2D eigenvalue weighted by atomic mass is 16.5. The summed E-state index contributed by atoms with van der Waals surface area (Å²) in [4.78, 5) is 25.7. The molecule has 26 heavy (non-hydrogen) atoms. The lowest BCUT2D eigenvalue weighted by atomic mass is 9.69. The molecule has 0 aromatic rings. The minimum absolute atomic E-state index is 0.0190. The van der Waals surface area contributed by atoms with Gasteiger partial charge in [0.2, 0.25) is 11.6 Å². The molecule has 1 fully saturated rings. The van der Waals surface area contributed by atoms with Gasteiger partial charge in [0.05, 0.1) is 18.1 Å². The smallest absolute Gasteiger partial charge is 0.226 e. The molecule has 5 atom stereocenters. The summed E-state index contributed by atoms with van der Waals surface area (Å²) >= 11 is 0. The average Bonchev–Trinajstić information content (AvgIpc) is 2.95. The Morgan fingerprint density at radius 2 is 2.00 bits per heavy atom. The molecule has 1 saturated carbocycles. The number of carbonyl (C=O) groups excluding carboxylic acids is 2. The lowest BCUT2D eigenvalue weighted by Gasteiger charge is -2.37. The predicted octanol–water partition coefficient (Wildman–Crippen LogP) is 2.21. The fourth-order valence-electron chi connectivity index (χ4n) is 5.19. The van der Waals surface area contributed by atoms with E-state index in [4.69, 9.17) is 4.74 Å². The first-order valence-corrected chi connectivity index (χ1v) is 9.52. The van der Waals surface area contributed by atoms with E-state index in [0.29, 0.717) is 18.4 Å². The molecule has 0 aliphatic heterocycles. The maximum absolute atomic E-state index is 13.0. The van der Waals surface area contributed by atoms with Crippen molar-refractivity contribution in [1.29, 1.82) is 0 Å². The SMILES string of the molecule is COC[C@@]1(O)CC[C@@H]2C1=C[C@@]1(C)C(=O)C(=O)C(C(C)C)=C1C[C@H](O)[C@@H]2C. The standard InChI is InChI=1S/C21H30O5/c1-11(2)17-14-8-16(22)12(3)13-6-7-21(25,10-26-5)15(13)9-20(14,4)19(24)18(17)23/h9,11-13,16,22,25H,6-8,10H2,1-5H3/t12-,13+,16+,20-,21+/m1/s1. The molecule has 0 bridgehead atoms. The van der Waals surface area contributed by atoms with Crippen molar-refractivity contribution >= 4 is 11.6 Å². The van der Waals surface area contributed by atoms with Crippen molar-refractivity contribution in [1.82, 2.24) is 0 Å². The molecule has 0 saturated heterocycles. The van der Waals surface area contributed by atoms with E-state index in [2.05, 4.69) is 0 Å². The van der Waals surface area contributed by atoms with E-state index in [-0.39, 0.29) is 24.4 Å². The maximum Gasteiger partial charge on any atom is 0.226 e. The van der Waals surface area contributed by atoms with Crippen LogP contribution in [0.5, 0.6) is 0 Å². The van der Waals surface area contributed by atoms with Crippen molar-refractivity contribution in [3.63, 3.8) is 0 Å². The normalized spacial score (nSPS) is 40.5. The Morgan fingerprint density at radius 3 is 2.58 bits per heavy atom. The third-order valence-corrected chi connectivity index (χ3v) is 6.74. The van der Waals surface area contributed by atoms with Crippen LogP contribution < -0.4 is 0 Å². The van der Waals surface area contributed by atoms with E-state index >= 15 is 0 Å². The van der Waals surface area contributed by atoms with Crippen molar-refractivity contribution in [2.45, 2.75) is 58.7 Å². The van der Waals surface area contributed by atoms with Crippen LogP contribution in [0.4, 0.5) is 0 Å². The molecule has 5 heteroatoms. The third kappa shape index (κ3) is 2.63. The molecule has 3 rings (SSSR count). The van der Waals surface area contributed by atoms with Gasteiger partial charge in [0, 0.05) is 12.7 Å². The minimum Gasteiger partial charge on any atom is -0.392 e. The summed E-state index contributed by atoms with van der Waals surface area (Å²) in [6.45, 7) is 7.70. The number of hydrogen-bond acceptors (Lipinski definition) is 5. The summed E-state index contributed by atoms with van der Waals surface area (Å²) in [5, 5.41) is 22.0. The second kappa shape index (κ2) is 6.39. The van der Waals surface area contributed by atoms with Crippen LogP contribution >= 0.6 is 0 Å². The number of Topliss-reactive ketones (excluding diaryl/α,β-unsaturated/α-hetero) is 2. The first kappa shape index (κ1) is 19.5. The molecule has 2 N–H and O–H groups in total. The van der Waals surface area contributed by atoms with Crippen LogP contribution in [0.15, 0.2) is 22.8 Å². The van der Waals surface area contributed by atoms with Gasteiger partial charge in [-0.25, -0.2) is 0 Å². The molecule has 0 amide bonds. The Morgan fingerprint density at radius 1 is 1.35 bits per heavy atom. The molecule has 0 aromatic heterocycles. The largest absolute Gasteiger partial charge is 0.392 e. The Bertz CT molecular complexity index is 703. The van der Waals surface area contributed by atoms with Gasteiger partial charge in [0.1, 0.15) is 5.60 Å². The van der Waals surface area contributed by atoms with Gasteiger partial charge in [0.25, 0.3) is 0 Å². The lowest BCUT2D eigenvalue weighted by molar-refractivity contribution is -0.136. The predicted molar refractivity (Wildman–Crippen MR) is 97.4 cm³/mol. The molecule has 0 radical (unpaired) electrons. The number of hydrogen-bond donors (Lipinski definition) is 2. The van der Waals surface area contributed by atoms with Gasteiger partial charge in [-0.15, -0.1) is 0 Å². The van der Waals surface area contributed by atoms with Crippen LogP contribution in [-0.2, 0) is 14.3 Å². The Kier molecular flexibility index (Phi) is 4.79. The molecular weight excluding hydrogens is 332 g/mol. The van der Waals surface area contributed by atoms with Gasteiger partial charge in [-0.2, -0.15) is 0 Å². The van der Waals surface area contributed by atoms with E-state index in [1.165, 1.54) is 0 Å². The van der Waals surface area contributed by atoms with Crippen LogP contribution in [0.3, 0.4) is 0 Å². The maximum atomic E-state index is 13.0. The molecule has 0 unspecified atom stereocenters. The van der Waals surface area contributed by atoms with Gasteiger partial charge in [-0.3, -0.25) is 9.59 Å². The first-order valence-electron chi connectivity index (χ1n) is 9.52. The molecule has 0 aromatic carbocycles. The van der Waals surface area contributed by atoms with Crippen LogP contribution in [0.25, 0.3) is 0 Å². The van der Waals surface area contributed by atoms with Gasteiger partial charge in [0.15, 0.2) is 0 Å². The monoisotopic (exact) mass is 362 g/mol. The zero-order chi connectivity index (χ0) is 19.4. The van der Waals surface area contributed by atoms with Crippen molar-refractivity contribution in [3.8, 4) is 0 Å². The first-order chi connectivity index (χ1) is 12.1. The second-order valence-electron chi connectivity index (χ2n) is 8.75. The highest BCUT2D eigenvalue weighted by Crippen LogP contribution is 2.53. The quantitative estimate of drug-likeness (QED) is 0.594. The summed E-state index contributed by atoms with van der Waals surface area (Å²) in [7, 11) is 1.54. The number of rotatable bonds is 3. The Labute approximate surface area is 155 Å². The number of methoxy groups -OCH3 is 1. The van der Waals surface area contributed by atoms with E-state index in [9.17, 15) is 19.8 Å². The number of aliphatic hydroxyl groups excluding tert-OH is 1. The van der Waals surface area contributed by atoms with Crippen LogP contribution in [0.2, 0.25) is 0 Å². The van der Waals surface area contributed by atoms with Crippen LogP contribution in [0, 0.1) is 23.2 Å². The van der Waals surface area contributed by atoms with Gasteiger partial charge in [-0.05, 0) is 55.1 Å². The number of aliphatic hydroxyl groups is 2. The zero-order valence-corrected chi connectivity index (χ0v) is 16.3. The Hall–Kier alpha value is -1.30. The van der Waals surface area contributed by atoms with E-state index in [1.54, 1.807) is 14.0 Å². The van der Waals surface area contributed by atoms with E-state index in [0.717, 1.165) is 17.6 Å². The summed E-state index contributed by atoms with van der Waals surface area (Å²) in [5.74, 6) is -1.06. The highest BCUT2D eigenvalue weighted by molar-refractivity contribution is 6.49. The van der Waals surface area contributed by atoms with Gasteiger partial charge < -0.3 is 14.9 Å². The number of fused-ring (bicyclic) bond motifs is 2. The number of carbonyl (C=O) groups is 2. The number of ketones is 2. The molecule has 0 spiro atoms. The zero-order valence-electron chi connectivity index (χ0n) is 16.3. The molecular formula is C21H30O5. The van der Waals surface area contributed by atoms with Crippen LogP contribution in [-0.4, -0.2) is 47.2 Å². The summed E-state index contributed by atoms with van der Waals surface area (Å²) < 4.78 is 5.25. The van der Waals surface area contributed by atoms with Crippen molar-refractivity contribution in [3.05, 3.63) is 22.8 Å². The fraction of sp³-hybridized carbons (Fsp3) is 0.714. The van der Waals surface area contributed by atoms with Crippen molar-refractivity contribution < 1.29 is 24.5 Å². The average molecular weight is 362 g/mol. The van der Waals surface area contributed by atoms with Gasteiger partial charge in [-0.1, -0.05) is 26.8 Å². The molecule has 144 valence electrons. The third-order valence-electron chi connectivity index (χ3n) is 6.74. The topological polar surface area (TPSA) is 83.8 Å². The summed E-state index contributed by atoms with van der Waals surface area (Å²) in [6.07, 6.45) is 2.76. The molecule has 0 heterocycles.